The largest absolute Gasteiger partial charge is 0.480 e. The monoisotopic (exact) mass is 396 g/mol. The van der Waals surface area contributed by atoms with E-state index in [0.29, 0.717) is 22.3 Å². The molecular weight excluding hydrogens is 381 g/mol. The Labute approximate surface area is 159 Å². The SMILES string of the molecule is Cc1cc(Cl)cc(C2(C(F)(F)F)CC(c3ccc(C(=O)O)c(C)c3)=CO2)c1. The Morgan fingerprint density at radius 1 is 1.19 bits per heavy atom. The van der Waals surface area contributed by atoms with Crippen molar-refractivity contribution in [1.82, 2.24) is 0 Å². The molecule has 1 aliphatic rings. The molecule has 0 amide bonds. The van der Waals surface area contributed by atoms with Crippen molar-refractivity contribution < 1.29 is 27.8 Å². The molecular formula is C20H16ClF3O3. The number of hydrogen-bond acceptors (Lipinski definition) is 2. The smallest absolute Gasteiger partial charge is 0.432 e. The molecule has 0 aliphatic carbocycles. The first-order valence-corrected chi connectivity index (χ1v) is 8.47. The molecule has 0 fully saturated rings. The molecule has 0 saturated carbocycles. The van der Waals surface area contributed by atoms with Gasteiger partial charge in [0.15, 0.2) is 0 Å². The predicted octanol–water partition coefficient (Wildman–Crippen LogP) is 5.87. The number of aromatic carboxylic acids is 1. The molecule has 2 aromatic rings. The van der Waals surface area contributed by atoms with E-state index in [4.69, 9.17) is 21.4 Å². The lowest BCUT2D eigenvalue weighted by Crippen LogP contribution is -2.42. The molecule has 3 nitrogen and oxygen atoms in total. The predicted molar refractivity (Wildman–Crippen MR) is 95.7 cm³/mol. The summed E-state index contributed by atoms with van der Waals surface area (Å²) in [6.07, 6.45) is -4.00. The van der Waals surface area contributed by atoms with Crippen molar-refractivity contribution in [3.05, 3.63) is 75.5 Å². The maximum Gasteiger partial charge on any atom is 0.432 e. The van der Waals surface area contributed by atoms with Gasteiger partial charge in [-0.15, -0.1) is 0 Å². The first kappa shape index (κ1) is 19.3. The minimum Gasteiger partial charge on any atom is -0.480 e. The van der Waals surface area contributed by atoms with Gasteiger partial charge in [-0.3, -0.25) is 0 Å². The van der Waals surface area contributed by atoms with Crippen molar-refractivity contribution in [2.45, 2.75) is 32.0 Å². The molecule has 142 valence electrons. The molecule has 1 N–H and O–H groups in total. The van der Waals surface area contributed by atoms with Crippen molar-refractivity contribution >= 4 is 23.1 Å². The van der Waals surface area contributed by atoms with E-state index in [-0.39, 0.29) is 16.1 Å². The van der Waals surface area contributed by atoms with Crippen LogP contribution in [0.25, 0.3) is 5.57 Å². The molecule has 27 heavy (non-hydrogen) atoms. The molecule has 2 aromatic carbocycles. The second-order valence-electron chi connectivity index (χ2n) is 6.61. The number of rotatable bonds is 3. The molecule has 1 aliphatic heterocycles. The van der Waals surface area contributed by atoms with Gasteiger partial charge >= 0.3 is 12.1 Å². The zero-order valence-electron chi connectivity index (χ0n) is 14.5. The van der Waals surface area contributed by atoms with E-state index in [1.165, 1.54) is 24.3 Å². The second-order valence-corrected chi connectivity index (χ2v) is 7.05. The van der Waals surface area contributed by atoms with Crippen LogP contribution in [0.3, 0.4) is 0 Å². The summed E-state index contributed by atoms with van der Waals surface area (Å²) in [6.45, 7) is 3.26. The third-order valence-corrected chi connectivity index (χ3v) is 4.85. The first-order valence-electron chi connectivity index (χ1n) is 8.09. The van der Waals surface area contributed by atoms with Crippen LogP contribution in [0, 0.1) is 13.8 Å². The van der Waals surface area contributed by atoms with Gasteiger partial charge in [0, 0.05) is 17.0 Å². The van der Waals surface area contributed by atoms with Crippen LogP contribution in [0.5, 0.6) is 0 Å². The molecule has 3 rings (SSSR count). The summed E-state index contributed by atoms with van der Waals surface area (Å²) in [6, 6.07) is 8.67. The number of ether oxygens (including phenoxy) is 1. The average Bonchev–Trinajstić information content (AvgIpc) is 3.00. The Bertz CT molecular complexity index is 930. The highest BCUT2D eigenvalue weighted by molar-refractivity contribution is 6.30. The minimum atomic E-state index is -4.67. The number of alkyl halides is 3. The fourth-order valence-electron chi connectivity index (χ4n) is 3.27. The van der Waals surface area contributed by atoms with E-state index in [9.17, 15) is 18.0 Å². The van der Waals surface area contributed by atoms with Gasteiger partial charge in [-0.2, -0.15) is 13.2 Å². The van der Waals surface area contributed by atoms with Gasteiger partial charge in [0.1, 0.15) is 0 Å². The number of carboxylic acids is 1. The number of benzene rings is 2. The Balaban J connectivity index is 2.02. The molecule has 1 heterocycles. The third kappa shape index (κ3) is 3.41. The van der Waals surface area contributed by atoms with E-state index in [0.717, 1.165) is 6.26 Å². The van der Waals surface area contributed by atoms with Crippen LogP contribution >= 0.6 is 11.6 Å². The Morgan fingerprint density at radius 2 is 1.89 bits per heavy atom. The van der Waals surface area contributed by atoms with E-state index < -0.39 is 24.2 Å². The zero-order valence-corrected chi connectivity index (χ0v) is 15.3. The van der Waals surface area contributed by atoms with Crippen LogP contribution in [0.4, 0.5) is 13.2 Å². The first-order chi connectivity index (χ1) is 12.5. The van der Waals surface area contributed by atoms with E-state index in [2.05, 4.69) is 0 Å². The highest BCUT2D eigenvalue weighted by Crippen LogP contribution is 2.52. The van der Waals surface area contributed by atoms with Gasteiger partial charge in [0.05, 0.1) is 11.8 Å². The molecule has 0 saturated heterocycles. The summed E-state index contributed by atoms with van der Waals surface area (Å²) < 4.78 is 47.3. The summed E-state index contributed by atoms with van der Waals surface area (Å²) in [5.41, 5.74) is -0.607. The topological polar surface area (TPSA) is 46.5 Å². The van der Waals surface area contributed by atoms with Crippen LogP contribution in [0.15, 0.2) is 42.7 Å². The lowest BCUT2D eigenvalue weighted by molar-refractivity contribution is -0.260. The molecule has 0 bridgehead atoms. The van der Waals surface area contributed by atoms with Crippen LogP contribution in [0.1, 0.15) is 39.0 Å². The highest BCUT2D eigenvalue weighted by Gasteiger charge is 2.60. The van der Waals surface area contributed by atoms with Crippen molar-refractivity contribution in [2.75, 3.05) is 0 Å². The number of hydrogen-bond donors (Lipinski definition) is 1. The van der Waals surface area contributed by atoms with E-state index in [1.54, 1.807) is 26.0 Å². The summed E-state index contributed by atoms with van der Waals surface area (Å²) in [4.78, 5) is 11.1. The lowest BCUT2D eigenvalue weighted by Gasteiger charge is -2.32. The summed E-state index contributed by atoms with van der Waals surface area (Å²) in [5.74, 6) is -1.09. The zero-order chi connectivity index (χ0) is 20.0. The molecule has 0 aromatic heterocycles. The second kappa shape index (κ2) is 6.60. The van der Waals surface area contributed by atoms with Crippen LogP contribution in [-0.2, 0) is 10.3 Å². The summed E-state index contributed by atoms with van der Waals surface area (Å²) in [5, 5.41) is 9.31. The maximum atomic E-state index is 14.0. The maximum absolute atomic E-state index is 14.0. The van der Waals surface area contributed by atoms with Gasteiger partial charge in [-0.25, -0.2) is 4.79 Å². The number of aryl methyl sites for hydroxylation is 2. The van der Waals surface area contributed by atoms with Gasteiger partial charge in [-0.1, -0.05) is 29.8 Å². The highest BCUT2D eigenvalue weighted by atomic mass is 35.5. The summed E-state index contributed by atoms with van der Waals surface area (Å²) in [7, 11) is 0. The van der Waals surface area contributed by atoms with Gasteiger partial charge in [-0.05, 0) is 54.3 Å². The third-order valence-electron chi connectivity index (χ3n) is 4.64. The quantitative estimate of drug-likeness (QED) is 0.705. The number of carboxylic acid groups (broad SMARTS) is 1. The Kier molecular flexibility index (Phi) is 4.72. The number of halogens is 4. The van der Waals surface area contributed by atoms with E-state index in [1.807, 2.05) is 0 Å². The molecule has 7 heteroatoms. The number of carbonyl (C=O) groups is 1. The summed E-state index contributed by atoms with van der Waals surface area (Å²) >= 11 is 5.97. The van der Waals surface area contributed by atoms with Crippen molar-refractivity contribution in [2.24, 2.45) is 0 Å². The van der Waals surface area contributed by atoms with E-state index >= 15 is 0 Å². The van der Waals surface area contributed by atoms with Gasteiger partial charge < -0.3 is 9.84 Å². The standard InChI is InChI=1S/C20H16ClF3O3/c1-11-5-15(8-16(21)6-11)19(20(22,23)24)9-14(10-27-19)13-3-4-17(18(25)26)12(2)7-13/h3-8,10H,9H2,1-2H3,(H,25,26). The Hall–Kier alpha value is -2.47. The molecule has 1 unspecified atom stereocenters. The molecule has 0 spiro atoms. The van der Waals surface area contributed by atoms with Gasteiger partial charge in [0.25, 0.3) is 0 Å². The van der Waals surface area contributed by atoms with Crippen molar-refractivity contribution in [3.63, 3.8) is 0 Å². The molecule has 0 radical (unpaired) electrons. The van der Waals surface area contributed by atoms with Crippen molar-refractivity contribution in [3.8, 4) is 0 Å². The molecule has 1 atom stereocenters. The lowest BCUT2D eigenvalue weighted by atomic mass is 9.85. The average molecular weight is 397 g/mol. The van der Waals surface area contributed by atoms with Crippen LogP contribution in [0.2, 0.25) is 5.02 Å². The fraction of sp³-hybridized carbons (Fsp3) is 0.250. The van der Waals surface area contributed by atoms with Crippen molar-refractivity contribution in [1.29, 1.82) is 0 Å². The normalized spacial score (nSPS) is 19.6. The Morgan fingerprint density at radius 3 is 2.44 bits per heavy atom. The van der Waals surface area contributed by atoms with Crippen LogP contribution in [-0.4, -0.2) is 17.3 Å². The van der Waals surface area contributed by atoms with Crippen LogP contribution < -0.4 is 0 Å². The fourth-order valence-corrected chi connectivity index (χ4v) is 3.56. The minimum absolute atomic E-state index is 0.0647. The van der Waals surface area contributed by atoms with Gasteiger partial charge in [0.2, 0.25) is 5.60 Å².